The molecule has 1 aliphatic rings. The summed E-state index contributed by atoms with van der Waals surface area (Å²) in [6, 6.07) is 7.32. The van der Waals surface area contributed by atoms with Crippen LogP contribution in [0.3, 0.4) is 0 Å². The SMILES string of the molecule is CCc1ccc(OCC(=O)N[C@@H]2CCC[C@@H]2C(=O)O)cc1. The van der Waals surface area contributed by atoms with E-state index in [1.165, 1.54) is 5.56 Å². The predicted molar refractivity (Wildman–Crippen MR) is 78.2 cm³/mol. The number of aryl methyl sites for hydroxylation is 1. The summed E-state index contributed by atoms with van der Waals surface area (Å²) in [6.45, 7) is 1.98. The molecule has 21 heavy (non-hydrogen) atoms. The molecule has 0 saturated heterocycles. The summed E-state index contributed by atoms with van der Waals surface area (Å²) in [5, 5.41) is 11.8. The maximum absolute atomic E-state index is 11.8. The first-order chi connectivity index (χ1) is 10.1. The fourth-order valence-corrected chi connectivity index (χ4v) is 2.65. The van der Waals surface area contributed by atoms with E-state index in [1.54, 1.807) is 0 Å². The maximum atomic E-state index is 11.8. The highest BCUT2D eigenvalue weighted by Gasteiger charge is 2.33. The fourth-order valence-electron chi connectivity index (χ4n) is 2.65. The third kappa shape index (κ3) is 4.21. The Morgan fingerprint density at radius 1 is 1.29 bits per heavy atom. The maximum Gasteiger partial charge on any atom is 0.308 e. The third-order valence-corrected chi connectivity index (χ3v) is 3.88. The quantitative estimate of drug-likeness (QED) is 0.840. The lowest BCUT2D eigenvalue weighted by atomic mass is 10.0. The molecule has 2 N–H and O–H groups in total. The van der Waals surface area contributed by atoms with Crippen molar-refractivity contribution in [2.75, 3.05) is 6.61 Å². The molecule has 1 aromatic carbocycles. The first-order valence-corrected chi connectivity index (χ1v) is 7.34. The Labute approximate surface area is 124 Å². The van der Waals surface area contributed by atoms with Crippen molar-refractivity contribution in [1.82, 2.24) is 5.32 Å². The topological polar surface area (TPSA) is 75.6 Å². The van der Waals surface area contributed by atoms with Crippen molar-refractivity contribution in [2.45, 2.75) is 38.6 Å². The van der Waals surface area contributed by atoms with Gasteiger partial charge in [0.2, 0.25) is 0 Å². The van der Waals surface area contributed by atoms with E-state index >= 15 is 0 Å². The molecule has 0 spiro atoms. The highest BCUT2D eigenvalue weighted by atomic mass is 16.5. The van der Waals surface area contributed by atoms with Crippen molar-refractivity contribution in [2.24, 2.45) is 5.92 Å². The lowest BCUT2D eigenvalue weighted by Gasteiger charge is -2.17. The van der Waals surface area contributed by atoms with Crippen LogP contribution in [0.15, 0.2) is 24.3 Å². The molecule has 1 fully saturated rings. The van der Waals surface area contributed by atoms with E-state index in [4.69, 9.17) is 9.84 Å². The van der Waals surface area contributed by atoms with Crippen LogP contribution in [0.25, 0.3) is 0 Å². The Balaban J connectivity index is 1.80. The van der Waals surface area contributed by atoms with E-state index in [1.807, 2.05) is 24.3 Å². The summed E-state index contributed by atoms with van der Waals surface area (Å²) in [4.78, 5) is 22.9. The molecule has 0 aliphatic heterocycles. The lowest BCUT2D eigenvalue weighted by Crippen LogP contribution is -2.42. The summed E-state index contributed by atoms with van der Waals surface area (Å²) in [5.74, 6) is -0.942. The van der Waals surface area contributed by atoms with Crippen molar-refractivity contribution in [3.8, 4) is 5.75 Å². The smallest absolute Gasteiger partial charge is 0.308 e. The van der Waals surface area contributed by atoms with Gasteiger partial charge in [0, 0.05) is 6.04 Å². The second-order valence-electron chi connectivity index (χ2n) is 5.34. The first-order valence-electron chi connectivity index (χ1n) is 7.34. The van der Waals surface area contributed by atoms with Gasteiger partial charge in [-0.2, -0.15) is 0 Å². The number of carboxylic acid groups (broad SMARTS) is 1. The Kier molecular flexibility index (Phi) is 5.20. The van der Waals surface area contributed by atoms with Crippen LogP contribution in [0.4, 0.5) is 0 Å². The number of amides is 1. The number of rotatable bonds is 6. The van der Waals surface area contributed by atoms with E-state index in [2.05, 4.69) is 12.2 Å². The molecule has 2 rings (SSSR count). The molecule has 0 unspecified atom stereocenters. The third-order valence-electron chi connectivity index (χ3n) is 3.88. The van der Waals surface area contributed by atoms with Crippen LogP contribution >= 0.6 is 0 Å². The molecule has 0 heterocycles. The number of nitrogens with one attached hydrogen (secondary N) is 1. The van der Waals surface area contributed by atoms with E-state index in [9.17, 15) is 9.59 Å². The van der Waals surface area contributed by atoms with Crippen molar-refractivity contribution in [1.29, 1.82) is 0 Å². The highest BCUT2D eigenvalue weighted by molar-refractivity contribution is 5.79. The predicted octanol–water partition coefficient (Wildman–Crippen LogP) is 2.00. The normalized spacial score (nSPS) is 21.0. The number of hydrogen-bond donors (Lipinski definition) is 2. The van der Waals surface area contributed by atoms with Gasteiger partial charge in [-0.05, 0) is 37.0 Å². The molecule has 0 radical (unpaired) electrons. The molecule has 114 valence electrons. The van der Waals surface area contributed by atoms with Gasteiger partial charge < -0.3 is 15.2 Å². The minimum atomic E-state index is -0.839. The second-order valence-corrected chi connectivity index (χ2v) is 5.34. The minimum Gasteiger partial charge on any atom is -0.484 e. The molecule has 0 bridgehead atoms. The summed E-state index contributed by atoms with van der Waals surface area (Å²) in [6.07, 6.45) is 3.13. The molecule has 1 aromatic rings. The molecule has 2 atom stereocenters. The molecule has 1 saturated carbocycles. The largest absolute Gasteiger partial charge is 0.484 e. The molecule has 0 aromatic heterocycles. The molecule has 1 aliphatic carbocycles. The van der Waals surface area contributed by atoms with Crippen molar-refractivity contribution >= 4 is 11.9 Å². The number of carbonyl (C=O) groups is 2. The van der Waals surface area contributed by atoms with E-state index in [0.29, 0.717) is 18.6 Å². The summed E-state index contributed by atoms with van der Waals surface area (Å²) in [5.41, 5.74) is 1.21. The number of carboxylic acids is 1. The molecule has 5 heteroatoms. The first kappa shape index (κ1) is 15.4. The van der Waals surface area contributed by atoms with Crippen LogP contribution in [0.2, 0.25) is 0 Å². The monoisotopic (exact) mass is 291 g/mol. The van der Waals surface area contributed by atoms with Gasteiger partial charge in [-0.15, -0.1) is 0 Å². The Hall–Kier alpha value is -2.04. The summed E-state index contributed by atoms with van der Waals surface area (Å²) < 4.78 is 5.41. The minimum absolute atomic E-state index is 0.0890. The van der Waals surface area contributed by atoms with Gasteiger partial charge in [-0.25, -0.2) is 0 Å². The Morgan fingerprint density at radius 2 is 2.00 bits per heavy atom. The number of ether oxygens (including phenoxy) is 1. The van der Waals surface area contributed by atoms with Crippen LogP contribution in [-0.2, 0) is 16.0 Å². The van der Waals surface area contributed by atoms with E-state index < -0.39 is 11.9 Å². The van der Waals surface area contributed by atoms with Crippen molar-refractivity contribution < 1.29 is 19.4 Å². The van der Waals surface area contributed by atoms with Gasteiger partial charge in [-0.3, -0.25) is 9.59 Å². The number of benzene rings is 1. The van der Waals surface area contributed by atoms with Crippen LogP contribution in [0.5, 0.6) is 5.75 Å². The van der Waals surface area contributed by atoms with Crippen LogP contribution in [0, 0.1) is 5.92 Å². The zero-order valence-electron chi connectivity index (χ0n) is 12.2. The van der Waals surface area contributed by atoms with Gasteiger partial charge in [0.15, 0.2) is 6.61 Å². The van der Waals surface area contributed by atoms with Crippen molar-refractivity contribution in [3.05, 3.63) is 29.8 Å². The van der Waals surface area contributed by atoms with Gasteiger partial charge >= 0.3 is 5.97 Å². The Morgan fingerprint density at radius 3 is 2.62 bits per heavy atom. The second kappa shape index (κ2) is 7.11. The van der Waals surface area contributed by atoms with Crippen LogP contribution in [0.1, 0.15) is 31.7 Å². The summed E-state index contributed by atoms with van der Waals surface area (Å²) in [7, 11) is 0. The zero-order chi connectivity index (χ0) is 15.2. The van der Waals surface area contributed by atoms with Crippen LogP contribution < -0.4 is 10.1 Å². The van der Waals surface area contributed by atoms with Gasteiger partial charge in [-0.1, -0.05) is 25.5 Å². The van der Waals surface area contributed by atoms with E-state index in [-0.39, 0.29) is 18.6 Å². The van der Waals surface area contributed by atoms with Crippen LogP contribution in [-0.4, -0.2) is 29.6 Å². The number of aliphatic carboxylic acids is 1. The lowest BCUT2D eigenvalue weighted by molar-refractivity contribution is -0.142. The molecule has 1 amide bonds. The number of carbonyl (C=O) groups excluding carboxylic acids is 1. The molecule has 5 nitrogen and oxygen atoms in total. The standard InChI is InChI=1S/C16H21NO4/c1-2-11-6-8-12(9-7-11)21-10-15(18)17-14-5-3-4-13(14)16(19)20/h6-9,13-14H,2-5,10H2,1H3,(H,17,18)(H,19,20)/t13-,14+/m0/s1. The van der Waals surface area contributed by atoms with E-state index in [0.717, 1.165) is 12.8 Å². The average molecular weight is 291 g/mol. The average Bonchev–Trinajstić information content (AvgIpc) is 2.94. The molecular formula is C16H21NO4. The zero-order valence-corrected chi connectivity index (χ0v) is 12.2. The van der Waals surface area contributed by atoms with Gasteiger partial charge in [0.1, 0.15) is 5.75 Å². The van der Waals surface area contributed by atoms with Gasteiger partial charge in [0.25, 0.3) is 5.91 Å². The molecular weight excluding hydrogens is 270 g/mol. The van der Waals surface area contributed by atoms with Gasteiger partial charge in [0.05, 0.1) is 5.92 Å². The van der Waals surface area contributed by atoms with Crippen molar-refractivity contribution in [3.63, 3.8) is 0 Å². The highest BCUT2D eigenvalue weighted by Crippen LogP contribution is 2.25. The number of hydrogen-bond acceptors (Lipinski definition) is 3. The Bertz CT molecular complexity index is 498. The summed E-state index contributed by atoms with van der Waals surface area (Å²) >= 11 is 0. The fraction of sp³-hybridized carbons (Fsp3) is 0.500.